The molecule has 1 N–H and O–H groups in total. The summed E-state index contributed by atoms with van der Waals surface area (Å²) in [7, 11) is 2.07. The van der Waals surface area contributed by atoms with E-state index in [-0.39, 0.29) is 5.97 Å². The van der Waals surface area contributed by atoms with Gasteiger partial charge in [0.2, 0.25) is 0 Å². The van der Waals surface area contributed by atoms with Gasteiger partial charge in [0.25, 0.3) is 0 Å². The van der Waals surface area contributed by atoms with E-state index < -0.39 is 5.54 Å². The maximum absolute atomic E-state index is 12.1. The van der Waals surface area contributed by atoms with E-state index in [0.29, 0.717) is 19.2 Å². The van der Waals surface area contributed by atoms with Crippen LogP contribution in [0, 0.1) is 12.3 Å². The molecule has 0 aromatic carbocycles. The molecule has 0 saturated carbocycles. The van der Waals surface area contributed by atoms with E-state index in [4.69, 9.17) is 11.2 Å². The van der Waals surface area contributed by atoms with Crippen LogP contribution >= 0.6 is 0 Å². The lowest BCUT2D eigenvalue weighted by molar-refractivity contribution is -0.154. The summed E-state index contributed by atoms with van der Waals surface area (Å²) in [5.74, 6) is 2.36. The number of nitrogens with zero attached hydrogens (tertiary/aromatic N) is 1. The number of hydrogen-bond acceptors (Lipinski definition) is 4. The van der Waals surface area contributed by atoms with E-state index in [2.05, 4.69) is 30.1 Å². The van der Waals surface area contributed by atoms with Crippen LogP contribution in [0.2, 0.25) is 0 Å². The standard InChI is InChI=1S/C13H22N2O2/c1-5-8-14-13(12(16)17-6-2)7-9-15(4)11(3)10-13/h1,11,14H,6-10H2,2-4H3. The molecule has 2 unspecified atom stereocenters. The van der Waals surface area contributed by atoms with Crippen LogP contribution in [-0.4, -0.2) is 49.2 Å². The summed E-state index contributed by atoms with van der Waals surface area (Å²) < 4.78 is 5.18. The van der Waals surface area contributed by atoms with Crippen molar-refractivity contribution < 1.29 is 9.53 Å². The fourth-order valence-corrected chi connectivity index (χ4v) is 2.26. The van der Waals surface area contributed by atoms with Crippen molar-refractivity contribution in [1.29, 1.82) is 0 Å². The van der Waals surface area contributed by atoms with Gasteiger partial charge in [-0.05, 0) is 33.7 Å². The topological polar surface area (TPSA) is 41.6 Å². The molecule has 4 nitrogen and oxygen atoms in total. The molecule has 17 heavy (non-hydrogen) atoms. The Morgan fingerprint density at radius 3 is 2.94 bits per heavy atom. The second-order valence-electron chi connectivity index (χ2n) is 4.64. The third-order valence-corrected chi connectivity index (χ3v) is 3.48. The van der Waals surface area contributed by atoms with Gasteiger partial charge >= 0.3 is 5.97 Å². The minimum atomic E-state index is -0.603. The number of rotatable bonds is 4. The first-order valence-electron chi connectivity index (χ1n) is 6.11. The van der Waals surface area contributed by atoms with E-state index in [0.717, 1.165) is 19.4 Å². The Bertz CT molecular complexity index is 311. The summed E-state index contributed by atoms with van der Waals surface area (Å²) in [4.78, 5) is 14.4. The summed E-state index contributed by atoms with van der Waals surface area (Å²) in [6, 6.07) is 0.346. The normalized spacial score (nSPS) is 29.6. The molecule has 0 amide bonds. The maximum Gasteiger partial charge on any atom is 0.326 e. The zero-order chi connectivity index (χ0) is 12.9. The highest BCUT2D eigenvalue weighted by Gasteiger charge is 2.44. The Kier molecular flexibility index (Phi) is 4.98. The summed E-state index contributed by atoms with van der Waals surface area (Å²) in [6.07, 6.45) is 6.75. The van der Waals surface area contributed by atoms with Crippen LogP contribution in [0.5, 0.6) is 0 Å². The summed E-state index contributed by atoms with van der Waals surface area (Å²) in [5, 5.41) is 3.18. The predicted octanol–water partition coefficient (Wildman–Crippen LogP) is 0.625. The van der Waals surface area contributed by atoms with Crippen LogP contribution in [0.4, 0.5) is 0 Å². The zero-order valence-electron chi connectivity index (χ0n) is 11.0. The molecule has 1 rings (SSSR count). The summed E-state index contributed by atoms with van der Waals surface area (Å²) >= 11 is 0. The lowest BCUT2D eigenvalue weighted by Gasteiger charge is -2.42. The number of ether oxygens (including phenoxy) is 1. The molecule has 1 heterocycles. The van der Waals surface area contributed by atoms with Crippen LogP contribution < -0.4 is 5.32 Å². The third kappa shape index (κ3) is 3.21. The summed E-state index contributed by atoms with van der Waals surface area (Å²) in [6.45, 7) is 5.62. The molecule has 1 fully saturated rings. The van der Waals surface area contributed by atoms with Crippen molar-refractivity contribution in [2.75, 3.05) is 26.7 Å². The SMILES string of the molecule is C#CCNC1(C(=O)OCC)CCN(C)C(C)C1. The van der Waals surface area contributed by atoms with E-state index >= 15 is 0 Å². The van der Waals surface area contributed by atoms with Crippen molar-refractivity contribution >= 4 is 5.97 Å². The number of esters is 1. The highest BCUT2D eigenvalue weighted by molar-refractivity contribution is 5.81. The number of nitrogens with one attached hydrogen (secondary N) is 1. The molecule has 0 aromatic rings. The number of carbonyl (C=O) groups excluding carboxylic acids is 1. The largest absolute Gasteiger partial charge is 0.465 e. The van der Waals surface area contributed by atoms with Crippen LogP contribution in [-0.2, 0) is 9.53 Å². The van der Waals surface area contributed by atoms with Gasteiger partial charge < -0.3 is 9.64 Å². The Hall–Kier alpha value is -1.05. The number of piperidine rings is 1. The van der Waals surface area contributed by atoms with Crippen molar-refractivity contribution in [3.05, 3.63) is 0 Å². The van der Waals surface area contributed by atoms with E-state index in [9.17, 15) is 4.79 Å². The van der Waals surface area contributed by atoms with Gasteiger partial charge in [-0.1, -0.05) is 5.92 Å². The van der Waals surface area contributed by atoms with Gasteiger partial charge in [0.05, 0.1) is 13.2 Å². The van der Waals surface area contributed by atoms with E-state index in [1.807, 2.05) is 6.92 Å². The second-order valence-corrected chi connectivity index (χ2v) is 4.64. The molecule has 96 valence electrons. The van der Waals surface area contributed by atoms with Crippen LogP contribution in [0.1, 0.15) is 26.7 Å². The third-order valence-electron chi connectivity index (χ3n) is 3.48. The fraction of sp³-hybridized carbons (Fsp3) is 0.769. The van der Waals surface area contributed by atoms with E-state index in [1.165, 1.54) is 0 Å². The van der Waals surface area contributed by atoms with Gasteiger partial charge in [-0.3, -0.25) is 10.1 Å². The van der Waals surface area contributed by atoms with Crippen LogP contribution in [0.15, 0.2) is 0 Å². The molecule has 2 atom stereocenters. The Morgan fingerprint density at radius 2 is 2.41 bits per heavy atom. The minimum absolute atomic E-state index is 0.171. The highest BCUT2D eigenvalue weighted by atomic mass is 16.5. The van der Waals surface area contributed by atoms with E-state index in [1.54, 1.807) is 0 Å². The number of likely N-dealkylation sites (tertiary alicyclic amines) is 1. The van der Waals surface area contributed by atoms with Crippen molar-refractivity contribution in [3.63, 3.8) is 0 Å². The van der Waals surface area contributed by atoms with Gasteiger partial charge in [0, 0.05) is 12.6 Å². The number of terminal acetylenes is 1. The first-order valence-corrected chi connectivity index (χ1v) is 6.11. The molecular weight excluding hydrogens is 216 g/mol. The van der Waals surface area contributed by atoms with Gasteiger partial charge in [0.15, 0.2) is 0 Å². The average molecular weight is 238 g/mol. The first kappa shape index (κ1) is 14.0. The Morgan fingerprint density at radius 1 is 1.71 bits per heavy atom. The molecule has 0 aromatic heterocycles. The molecule has 1 aliphatic heterocycles. The average Bonchev–Trinajstić information content (AvgIpc) is 2.31. The smallest absolute Gasteiger partial charge is 0.326 e. The van der Waals surface area contributed by atoms with Crippen molar-refractivity contribution in [2.24, 2.45) is 0 Å². The van der Waals surface area contributed by atoms with Gasteiger partial charge in [-0.15, -0.1) is 6.42 Å². The van der Waals surface area contributed by atoms with Crippen molar-refractivity contribution in [2.45, 2.75) is 38.3 Å². The molecule has 0 radical (unpaired) electrons. The maximum atomic E-state index is 12.1. The van der Waals surface area contributed by atoms with Gasteiger partial charge in [0.1, 0.15) is 5.54 Å². The lowest BCUT2D eigenvalue weighted by Crippen LogP contribution is -2.60. The van der Waals surface area contributed by atoms with Crippen LogP contribution in [0.3, 0.4) is 0 Å². The molecular formula is C13H22N2O2. The number of carbonyl (C=O) groups is 1. The summed E-state index contributed by atoms with van der Waals surface area (Å²) in [5.41, 5.74) is -0.603. The van der Waals surface area contributed by atoms with Crippen molar-refractivity contribution in [3.8, 4) is 12.3 Å². The Balaban J connectivity index is 2.79. The minimum Gasteiger partial charge on any atom is -0.465 e. The lowest BCUT2D eigenvalue weighted by atomic mass is 9.83. The Labute approximate surface area is 104 Å². The predicted molar refractivity (Wildman–Crippen MR) is 67.5 cm³/mol. The second kappa shape index (κ2) is 6.04. The van der Waals surface area contributed by atoms with Crippen LogP contribution in [0.25, 0.3) is 0 Å². The molecule has 1 aliphatic rings. The van der Waals surface area contributed by atoms with Crippen molar-refractivity contribution in [1.82, 2.24) is 10.2 Å². The number of hydrogen-bond donors (Lipinski definition) is 1. The highest BCUT2D eigenvalue weighted by Crippen LogP contribution is 2.27. The first-order chi connectivity index (χ1) is 8.05. The molecule has 0 spiro atoms. The molecule has 1 saturated heterocycles. The zero-order valence-corrected chi connectivity index (χ0v) is 11.0. The monoisotopic (exact) mass is 238 g/mol. The van der Waals surface area contributed by atoms with Gasteiger partial charge in [-0.2, -0.15) is 0 Å². The molecule has 4 heteroatoms. The molecule has 0 aliphatic carbocycles. The quantitative estimate of drug-likeness (QED) is 0.576. The van der Waals surface area contributed by atoms with Gasteiger partial charge in [-0.25, -0.2) is 0 Å². The fourth-order valence-electron chi connectivity index (χ4n) is 2.26. The molecule has 0 bridgehead atoms.